The van der Waals surface area contributed by atoms with E-state index in [1.165, 1.54) is 24.1 Å². The number of carbonyl (C=O) groups excluding carboxylic acids is 1. The Hall–Kier alpha value is -1.36. The minimum atomic E-state index is 0.285. The number of carbonyl (C=O) groups is 1. The van der Waals surface area contributed by atoms with Gasteiger partial charge in [-0.1, -0.05) is 12.8 Å². The summed E-state index contributed by atoms with van der Waals surface area (Å²) in [5.74, 6) is 0.285. The first kappa shape index (κ1) is 14.6. The van der Waals surface area contributed by atoms with Gasteiger partial charge in [0.25, 0.3) is 0 Å². The van der Waals surface area contributed by atoms with E-state index in [1.807, 2.05) is 16.6 Å². The third-order valence-electron chi connectivity index (χ3n) is 4.62. The Morgan fingerprint density at radius 1 is 1.24 bits per heavy atom. The minimum absolute atomic E-state index is 0.285. The number of likely N-dealkylation sites (tertiary alicyclic amines) is 1. The van der Waals surface area contributed by atoms with Gasteiger partial charge < -0.3 is 9.64 Å². The number of rotatable bonds is 3. The van der Waals surface area contributed by atoms with Crippen LogP contribution in [0.1, 0.15) is 49.1 Å². The van der Waals surface area contributed by atoms with E-state index in [0.717, 1.165) is 51.1 Å². The smallest absolute Gasteiger partial charge is 0.222 e. The van der Waals surface area contributed by atoms with Gasteiger partial charge in [0.1, 0.15) is 0 Å². The zero-order chi connectivity index (χ0) is 14.7. The van der Waals surface area contributed by atoms with Crippen LogP contribution in [0, 0.1) is 0 Å². The Kier molecular flexibility index (Phi) is 4.58. The summed E-state index contributed by atoms with van der Waals surface area (Å²) in [6.07, 6.45) is 7.06. The lowest BCUT2D eigenvalue weighted by Gasteiger charge is -2.20. The monoisotopic (exact) mass is 291 g/mol. The van der Waals surface area contributed by atoms with Crippen LogP contribution in [0.25, 0.3) is 0 Å². The van der Waals surface area contributed by atoms with Gasteiger partial charge in [0.2, 0.25) is 5.91 Å². The van der Waals surface area contributed by atoms with Gasteiger partial charge in [-0.3, -0.25) is 9.48 Å². The fourth-order valence-corrected chi connectivity index (χ4v) is 3.39. The van der Waals surface area contributed by atoms with Crippen LogP contribution in [0.15, 0.2) is 0 Å². The minimum Gasteiger partial charge on any atom is -0.376 e. The summed E-state index contributed by atoms with van der Waals surface area (Å²) in [6, 6.07) is 0. The first-order chi connectivity index (χ1) is 10.3. The Labute approximate surface area is 126 Å². The molecule has 0 aliphatic carbocycles. The van der Waals surface area contributed by atoms with Crippen LogP contribution in [0.2, 0.25) is 0 Å². The quantitative estimate of drug-likeness (QED) is 0.853. The summed E-state index contributed by atoms with van der Waals surface area (Å²) in [7, 11) is 1.99. The number of aromatic nitrogens is 2. The molecule has 0 aromatic carbocycles. The zero-order valence-electron chi connectivity index (χ0n) is 12.9. The maximum atomic E-state index is 12.4. The highest BCUT2D eigenvalue weighted by molar-refractivity contribution is 5.76. The molecule has 116 valence electrons. The molecule has 2 aliphatic heterocycles. The molecule has 3 heterocycles. The van der Waals surface area contributed by atoms with Gasteiger partial charge in [0, 0.05) is 50.7 Å². The van der Waals surface area contributed by atoms with Crippen molar-refractivity contribution in [2.75, 3.05) is 19.7 Å². The Balaban J connectivity index is 1.61. The van der Waals surface area contributed by atoms with Crippen LogP contribution < -0.4 is 0 Å². The summed E-state index contributed by atoms with van der Waals surface area (Å²) in [4.78, 5) is 14.4. The number of hydrogen-bond acceptors (Lipinski definition) is 3. The molecule has 5 nitrogen and oxygen atoms in total. The number of aryl methyl sites for hydroxylation is 2. The predicted molar refractivity (Wildman–Crippen MR) is 79.9 cm³/mol. The molecule has 0 bridgehead atoms. The molecule has 3 rings (SSSR count). The summed E-state index contributed by atoms with van der Waals surface area (Å²) < 4.78 is 7.50. The topological polar surface area (TPSA) is 47.4 Å². The Bertz CT molecular complexity index is 502. The second-order valence-electron chi connectivity index (χ2n) is 6.09. The lowest BCUT2D eigenvalue weighted by Crippen LogP contribution is -2.32. The Morgan fingerprint density at radius 2 is 2.00 bits per heavy atom. The van der Waals surface area contributed by atoms with E-state index in [-0.39, 0.29) is 5.91 Å². The molecule has 0 saturated carbocycles. The first-order valence-corrected chi connectivity index (χ1v) is 8.15. The van der Waals surface area contributed by atoms with E-state index < -0.39 is 0 Å². The maximum Gasteiger partial charge on any atom is 0.222 e. The van der Waals surface area contributed by atoms with Crippen molar-refractivity contribution >= 4 is 5.91 Å². The largest absolute Gasteiger partial charge is 0.376 e. The molecular formula is C16H25N3O2. The molecule has 0 N–H and O–H groups in total. The van der Waals surface area contributed by atoms with E-state index in [1.54, 1.807) is 0 Å². The van der Waals surface area contributed by atoms with Crippen LogP contribution in [-0.2, 0) is 36.0 Å². The van der Waals surface area contributed by atoms with Gasteiger partial charge in [0.15, 0.2) is 0 Å². The molecule has 0 atom stereocenters. The molecule has 0 radical (unpaired) electrons. The lowest BCUT2D eigenvalue weighted by atomic mass is 10.1. The van der Waals surface area contributed by atoms with E-state index in [9.17, 15) is 4.79 Å². The number of fused-ring (bicyclic) bond motifs is 1. The fraction of sp³-hybridized carbons (Fsp3) is 0.750. The number of ether oxygens (including phenoxy) is 1. The van der Waals surface area contributed by atoms with Gasteiger partial charge in [0.05, 0.1) is 18.9 Å². The normalized spacial score (nSPS) is 19.2. The van der Waals surface area contributed by atoms with E-state index >= 15 is 0 Å². The average molecular weight is 291 g/mol. The van der Waals surface area contributed by atoms with Crippen LogP contribution in [-0.4, -0.2) is 40.3 Å². The molecule has 0 spiro atoms. The standard InChI is InChI=1S/C16H25N3O2/c1-18-15-8-11-21-12-13(15)14(17-18)6-7-16(20)19-9-4-2-3-5-10-19/h2-12H2,1H3. The fourth-order valence-electron chi connectivity index (χ4n) is 3.39. The van der Waals surface area contributed by atoms with Crippen LogP contribution >= 0.6 is 0 Å². The van der Waals surface area contributed by atoms with Crippen molar-refractivity contribution in [2.45, 2.75) is 51.6 Å². The predicted octanol–water partition coefficient (Wildman–Crippen LogP) is 1.83. The van der Waals surface area contributed by atoms with Crippen LogP contribution in [0.5, 0.6) is 0 Å². The van der Waals surface area contributed by atoms with Gasteiger partial charge in [-0.25, -0.2) is 0 Å². The lowest BCUT2D eigenvalue weighted by molar-refractivity contribution is -0.131. The number of hydrogen-bond donors (Lipinski definition) is 0. The summed E-state index contributed by atoms with van der Waals surface area (Å²) in [6.45, 7) is 3.29. The van der Waals surface area contributed by atoms with E-state index in [0.29, 0.717) is 13.0 Å². The van der Waals surface area contributed by atoms with Crippen molar-refractivity contribution in [2.24, 2.45) is 7.05 Å². The molecule has 1 aromatic heterocycles. The zero-order valence-corrected chi connectivity index (χ0v) is 12.9. The molecule has 21 heavy (non-hydrogen) atoms. The van der Waals surface area contributed by atoms with Crippen molar-refractivity contribution in [1.29, 1.82) is 0 Å². The van der Waals surface area contributed by atoms with Crippen molar-refractivity contribution in [3.63, 3.8) is 0 Å². The molecule has 1 aromatic rings. The third kappa shape index (κ3) is 3.28. The molecule has 1 saturated heterocycles. The van der Waals surface area contributed by atoms with E-state index in [2.05, 4.69) is 5.10 Å². The molecule has 5 heteroatoms. The second-order valence-corrected chi connectivity index (χ2v) is 6.09. The number of nitrogens with zero attached hydrogens (tertiary/aromatic N) is 3. The molecular weight excluding hydrogens is 266 g/mol. The number of amides is 1. The third-order valence-corrected chi connectivity index (χ3v) is 4.62. The van der Waals surface area contributed by atoms with Gasteiger partial charge in [-0.15, -0.1) is 0 Å². The summed E-state index contributed by atoms with van der Waals surface area (Å²) in [5.41, 5.74) is 3.54. The van der Waals surface area contributed by atoms with Gasteiger partial charge in [-0.05, 0) is 12.8 Å². The average Bonchev–Trinajstić information content (AvgIpc) is 2.71. The van der Waals surface area contributed by atoms with Crippen molar-refractivity contribution in [3.05, 3.63) is 17.0 Å². The molecule has 1 fully saturated rings. The van der Waals surface area contributed by atoms with Crippen LogP contribution in [0.3, 0.4) is 0 Å². The first-order valence-electron chi connectivity index (χ1n) is 8.15. The van der Waals surface area contributed by atoms with Crippen LogP contribution in [0.4, 0.5) is 0 Å². The molecule has 2 aliphatic rings. The van der Waals surface area contributed by atoms with Gasteiger partial charge >= 0.3 is 0 Å². The van der Waals surface area contributed by atoms with Crippen molar-refractivity contribution < 1.29 is 9.53 Å². The van der Waals surface area contributed by atoms with E-state index in [4.69, 9.17) is 4.74 Å². The second kappa shape index (κ2) is 6.60. The SMILES string of the molecule is Cn1nc(CCC(=O)N2CCCCCC2)c2c1CCOC2. The highest BCUT2D eigenvalue weighted by Gasteiger charge is 2.21. The highest BCUT2D eigenvalue weighted by Crippen LogP contribution is 2.21. The Morgan fingerprint density at radius 3 is 2.76 bits per heavy atom. The van der Waals surface area contributed by atoms with Crippen molar-refractivity contribution in [1.82, 2.24) is 14.7 Å². The molecule has 1 amide bonds. The maximum absolute atomic E-state index is 12.4. The summed E-state index contributed by atoms with van der Waals surface area (Å²) >= 11 is 0. The molecule has 0 unspecified atom stereocenters. The summed E-state index contributed by atoms with van der Waals surface area (Å²) in [5, 5.41) is 4.59. The van der Waals surface area contributed by atoms with Gasteiger partial charge in [-0.2, -0.15) is 5.10 Å². The highest BCUT2D eigenvalue weighted by atomic mass is 16.5. The van der Waals surface area contributed by atoms with Crippen molar-refractivity contribution in [3.8, 4) is 0 Å².